The fourth-order valence-electron chi connectivity index (χ4n) is 1.97. The Balaban J connectivity index is 2.27. The Labute approximate surface area is 123 Å². The normalized spacial score (nSPS) is 12.6. The Kier molecular flexibility index (Phi) is 4.98. The van der Waals surface area contributed by atoms with Crippen molar-refractivity contribution in [2.45, 2.75) is 32.8 Å². The van der Waals surface area contributed by atoms with Gasteiger partial charge in [-0.15, -0.1) is 0 Å². The number of hydrogen-bond acceptors (Lipinski definition) is 5. The first-order valence-corrected chi connectivity index (χ1v) is 7.03. The molecular formula is C14H18ClN3O2. The van der Waals surface area contributed by atoms with Crippen LogP contribution in [0.5, 0.6) is 0 Å². The summed E-state index contributed by atoms with van der Waals surface area (Å²) in [5.74, 6) is 0.956. The molecule has 2 N–H and O–H groups in total. The Morgan fingerprint density at radius 3 is 2.80 bits per heavy atom. The van der Waals surface area contributed by atoms with Crippen molar-refractivity contribution in [3.05, 3.63) is 29.0 Å². The van der Waals surface area contributed by atoms with Gasteiger partial charge in [0.2, 0.25) is 5.82 Å². The van der Waals surface area contributed by atoms with Crippen LogP contribution < -0.4 is 5.73 Å². The molecule has 0 aliphatic rings. The molecule has 0 aliphatic heterocycles. The van der Waals surface area contributed by atoms with E-state index in [0.717, 1.165) is 12.8 Å². The quantitative estimate of drug-likeness (QED) is 0.819. The lowest BCUT2D eigenvalue weighted by Gasteiger charge is -2.11. The van der Waals surface area contributed by atoms with Gasteiger partial charge in [0.15, 0.2) is 0 Å². The summed E-state index contributed by atoms with van der Waals surface area (Å²) in [5, 5.41) is 4.53. The van der Waals surface area contributed by atoms with Gasteiger partial charge < -0.3 is 15.0 Å². The first-order valence-electron chi connectivity index (χ1n) is 6.65. The molecule has 6 heteroatoms. The average molecular weight is 296 g/mol. The summed E-state index contributed by atoms with van der Waals surface area (Å²) in [7, 11) is 0. The number of halogens is 1. The molecule has 0 saturated carbocycles. The minimum absolute atomic E-state index is 0.140. The molecular weight excluding hydrogens is 278 g/mol. The highest BCUT2D eigenvalue weighted by molar-refractivity contribution is 6.31. The molecule has 1 heterocycles. The molecule has 20 heavy (non-hydrogen) atoms. The number of rotatable bonds is 6. The highest BCUT2D eigenvalue weighted by Gasteiger charge is 2.18. The van der Waals surface area contributed by atoms with Gasteiger partial charge in [-0.3, -0.25) is 0 Å². The van der Waals surface area contributed by atoms with Crippen LogP contribution in [0.4, 0.5) is 5.69 Å². The van der Waals surface area contributed by atoms with E-state index >= 15 is 0 Å². The van der Waals surface area contributed by atoms with Crippen molar-refractivity contribution in [3.8, 4) is 11.5 Å². The van der Waals surface area contributed by atoms with Gasteiger partial charge in [0, 0.05) is 22.9 Å². The third kappa shape index (κ3) is 3.49. The summed E-state index contributed by atoms with van der Waals surface area (Å²) in [6.45, 7) is 4.64. The van der Waals surface area contributed by atoms with Gasteiger partial charge in [0.1, 0.15) is 6.10 Å². The smallest absolute Gasteiger partial charge is 0.258 e. The Morgan fingerprint density at radius 1 is 1.35 bits per heavy atom. The van der Waals surface area contributed by atoms with Gasteiger partial charge in [-0.2, -0.15) is 4.98 Å². The third-order valence-electron chi connectivity index (χ3n) is 2.82. The molecule has 0 saturated heterocycles. The number of hydrogen-bond donors (Lipinski definition) is 1. The van der Waals surface area contributed by atoms with E-state index in [2.05, 4.69) is 17.1 Å². The van der Waals surface area contributed by atoms with Crippen molar-refractivity contribution >= 4 is 17.3 Å². The Morgan fingerprint density at radius 2 is 2.15 bits per heavy atom. The van der Waals surface area contributed by atoms with Crippen LogP contribution >= 0.6 is 11.6 Å². The largest absolute Gasteiger partial charge is 0.399 e. The van der Waals surface area contributed by atoms with Crippen molar-refractivity contribution in [2.75, 3.05) is 12.3 Å². The summed E-state index contributed by atoms with van der Waals surface area (Å²) < 4.78 is 10.9. The molecule has 2 rings (SSSR count). The predicted octanol–water partition coefficient (Wildman–Crippen LogP) is 3.85. The monoisotopic (exact) mass is 295 g/mol. The molecule has 0 spiro atoms. The zero-order valence-electron chi connectivity index (χ0n) is 11.6. The van der Waals surface area contributed by atoms with Crippen molar-refractivity contribution in [1.82, 2.24) is 10.1 Å². The molecule has 0 amide bonds. The Bertz CT molecular complexity index is 545. The van der Waals surface area contributed by atoms with Gasteiger partial charge in [-0.25, -0.2) is 0 Å². The van der Waals surface area contributed by atoms with Gasteiger partial charge in [-0.1, -0.05) is 30.1 Å². The number of nitrogen functional groups attached to an aromatic ring is 1. The standard InChI is InChI=1S/C14H18ClN3O2/c1-3-5-12(19-4-2)13-17-14(20-18-13)9-6-10(15)8-11(16)7-9/h6-8,12H,3-5,16H2,1-2H3. The molecule has 0 radical (unpaired) electrons. The molecule has 1 atom stereocenters. The Hall–Kier alpha value is -1.59. The lowest BCUT2D eigenvalue weighted by molar-refractivity contribution is 0.0478. The van der Waals surface area contributed by atoms with E-state index in [1.54, 1.807) is 18.2 Å². The van der Waals surface area contributed by atoms with Gasteiger partial charge in [-0.05, 0) is 31.5 Å². The summed E-state index contributed by atoms with van der Waals surface area (Å²) in [5.41, 5.74) is 7.03. The van der Waals surface area contributed by atoms with Crippen LogP contribution in [0.3, 0.4) is 0 Å². The van der Waals surface area contributed by atoms with E-state index in [1.165, 1.54) is 0 Å². The van der Waals surface area contributed by atoms with Crippen molar-refractivity contribution < 1.29 is 9.26 Å². The number of nitrogens with zero attached hydrogens (tertiary/aromatic N) is 2. The lowest BCUT2D eigenvalue weighted by Crippen LogP contribution is -2.05. The van der Waals surface area contributed by atoms with E-state index in [-0.39, 0.29) is 6.10 Å². The maximum Gasteiger partial charge on any atom is 0.258 e. The van der Waals surface area contributed by atoms with E-state index in [9.17, 15) is 0 Å². The van der Waals surface area contributed by atoms with Crippen molar-refractivity contribution in [3.63, 3.8) is 0 Å². The van der Waals surface area contributed by atoms with E-state index in [1.807, 2.05) is 6.92 Å². The molecule has 1 aromatic heterocycles. The molecule has 0 aliphatic carbocycles. The molecule has 0 bridgehead atoms. The van der Waals surface area contributed by atoms with Crippen LogP contribution in [0.25, 0.3) is 11.5 Å². The van der Waals surface area contributed by atoms with Gasteiger partial charge in [0.25, 0.3) is 5.89 Å². The van der Waals surface area contributed by atoms with Crippen LogP contribution in [-0.2, 0) is 4.74 Å². The van der Waals surface area contributed by atoms with Gasteiger partial charge in [0.05, 0.1) is 0 Å². The highest BCUT2D eigenvalue weighted by atomic mass is 35.5. The average Bonchev–Trinajstić information content (AvgIpc) is 2.87. The SMILES string of the molecule is CCCC(OCC)c1noc(-c2cc(N)cc(Cl)c2)n1. The lowest BCUT2D eigenvalue weighted by atomic mass is 10.2. The van der Waals surface area contributed by atoms with Crippen molar-refractivity contribution in [2.24, 2.45) is 0 Å². The topological polar surface area (TPSA) is 74.2 Å². The van der Waals surface area contributed by atoms with Crippen LogP contribution in [0, 0.1) is 0 Å². The van der Waals surface area contributed by atoms with Crippen LogP contribution in [-0.4, -0.2) is 16.7 Å². The first-order chi connectivity index (χ1) is 9.63. The molecule has 1 unspecified atom stereocenters. The van der Waals surface area contributed by atoms with E-state index in [4.69, 9.17) is 26.6 Å². The zero-order valence-corrected chi connectivity index (χ0v) is 12.4. The van der Waals surface area contributed by atoms with E-state index < -0.39 is 0 Å². The first kappa shape index (κ1) is 14.8. The summed E-state index contributed by atoms with van der Waals surface area (Å²) in [6, 6.07) is 5.16. The van der Waals surface area contributed by atoms with Crippen LogP contribution in [0.1, 0.15) is 38.6 Å². The maximum atomic E-state index is 5.97. The summed E-state index contributed by atoms with van der Waals surface area (Å²) >= 11 is 5.97. The molecule has 5 nitrogen and oxygen atoms in total. The number of ether oxygens (including phenoxy) is 1. The second-order valence-corrected chi connectivity index (χ2v) is 4.90. The minimum Gasteiger partial charge on any atom is -0.399 e. The molecule has 108 valence electrons. The fraction of sp³-hybridized carbons (Fsp3) is 0.429. The predicted molar refractivity (Wildman–Crippen MR) is 78.4 cm³/mol. The highest BCUT2D eigenvalue weighted by Crippen LogP contribution is 2.27. The van der Waals surface area contributed by atoms with Crippen LogP contribution in [0.2, 0.25) is 5.02 Å². The number of aromatic nitrogens is 2. The number of benzene rings is 1. The number of nitrogens with two attached hydrogens (primary N) is 1. The summed E-state index contributed by atoms with van der Waals surface area (Å²) in [6.07, 6.45) is 1.70. The maximum absolute atomic E-state index is 5.97. The number of anilines is 1. The second kappa shape index (κ2) is 6.72. The fourth-order valence-corrected chi connectivity index (χ4v) is 2.21. The van der Waals surface area contributed by atoms with Crippen LogP contribution in [0.15, 0.2) is 22.7 Å². The van der Waals surface area contributed by atoms with Gasteiger partial charge >= 0.3 is 0 Å². The summed E-state index contributed by atoms with van der Waals surface area (Å²) in [4.78, 5) is 4.38. The second-order valence-electron chi connectivity index (χ2n) is 4.46. The third-order valence-corrected chi connectivity index (χ3v) is 3.03. The molecule has 0 fully saturated rings. The van der Waals surface area contributed by atoms with E-state index in [0.29, 0.717) is 34.6 Å². The zero-order chi connectivity index (χ0) is 14.5. The van der Waals surface area contributed by atoms with Crippen molar-refractivity contribution in [1.29, 1.82) is 0 Å². The minimum atomic E-state index is -0.140. The molecule has 2 aromatic rings. The molecule has 1 aromatic carbocycles.